The number of aryl methyl sites for hydroxylation is 2. The number of fused-ring (bicyclic) bond motifs is 3. The Bertz CT molecular complexity index is 493. The van der Waals surface area contributed by atoms with E-state index in [1.54, 1.807) is 11.3 Å². The average Bonchev–Trinajstić information content (AvgIpc) is 2.59. The molecule has 4 heteroatoms. The van der Waals surface area contributed by atoms with Crippen molar-refractivity contribution < 1.29 is 17.0 Å². The molecule has 0 unspecified atom stereocenters. The Kier molecular flexibility index (Phi) is 2.80. The first kappa shape index (κ1) is 10.6. The van der Waals surface area contributed by atoms with E-state index in [0.717, 1.165) is 18.5 Å². The molecule has 0 saturated heterocycles. The lowest BCUT2D eigenvalue weighted by atomic mass is 9.94. The van der Waals surface area contributed by atoms with Crippen LogP contribution in [0.1, 0.15) is 10.4 Å². The second-order valence-electron chi connectivity index (χ2n) is 3.48. The van der Waals surface area contributed by atoms with Gasteiger partial charge in [0.2, 0.25) is 0 Å². The number of hydrogen-bond acceptors (Lipinski definition) is 3. The number of aromatic nitrogens is 1. The number of nitrogens with two attached hydrogens (primary N) is 1. The van der Waals surface area contributed by atoms with Crippen molar-refractivity contribution in [2.75, 3.05) is 5.73 Å². The quantitative estimate of drug-likeness (QED) is 0.707. The fourth-order valence-electron chi connectivity index (χ4n) is 1.97. The maximum atomic E-state index is 5.72. The van der Waals surface area contributed by atoms with Crippen molar-refractivity contribution in [1.82, 2.24) is 4.98 Å². The topological polar surface area (TPSA) is 38.9 Å². The Morgan fingerprint density at radius 1 is 1.20 bits per heavy atom. The van der Waals surface area contributed by atoms with Crippen molar-refractivity contribution in [3.8, 4) is 11.3 Å². The van der Waals surface area contributed by atoms with E-state index in [0.29, 0.717) is 5.13 Å². The smallest absolute Gasteiger partial charge is 0.180 e. The minimum absolute atomic E-state index is 0. The molecule has 0 saturated carbocycles. The van der Waals surface area contributed by atoms with Crippen LogP contribution in [-0.2, 0) is 12.8 Å². The molecule has 78 valence electrons. The molecule has 1 aromatic heterocycles. The van der Waals surface area contributed by atoms with E-state index in [1.807, 2.05) is 0 Å². The van der Waals surface area contributed by atoms with Gasteiger partial charge in [-0.1, -0.05) is 24.3 Å². The van der Waals surface area contributed by atoms with E-state index in [-0.39, 0.29) is 17.0 Å². The number of hydrogen-bond donors (Lipinski definition) is 1. The fourth-order valence-corrected chi connectivity index (χ4v) is 2.81. The van der Waals surface area contributed by atoms with Crippen molar-refractivity contribution in [2.24, 2.45) is 0 Å². The van der Waals surface area contributed by atoms with Crippen LogP contribution < -0.4 is 22.7 Å². The van der Waals surface area contributed by atoms with Gasteiger partial charge in [0.25, 0.3) is 0 Å². The van der Waals surface area contributed by atoms with E-state index in [4.69, 9.17) is 5.73 Å². The van der Waals surface area contributed by atoms with Crippen molar-refractivity contribution in [1.29, 1.82) is 0 Å². The van der Waals surface area contributed by atoms with Gasteiger partial charge >= 0.3 is 0 Å². The molecule has 2 N–H and O–H groups in total. The van der Waals surface area contributed by atoms with Gasteiger partial charge < -0.3 is 22.7 Å². The maximum Gasteiger partial charge on any atom is 0.180 e. The van der Waals surface area contributed by atoms with Gasteiger partial charge in [0.1, 0.15) is 0 Å². The Balaban J connectivity index is 0.000000853. The first-order valence-corrected chi connectivity index (χ1v) is 5.50. The summed E-state index contributed by atoms with van der Waals surface area (Å²) in [6, 6.07) is 8.45. The first-order valence-electron chi connectivity index (χ1n) is 4.68. The average molecular weight is 282 g/mol. The highest BCUT2D eigenvalue weighted by molar-refractivity contribution is 7.15. The molecule has 1 aliphatic carbocycles. The summed E-state index contributed by atoms with van der Waals surface area (Å²) in [4.78, 5) is 5.72. The predicted octanol–water partition coefficient (Wildman–Crippen LogP) is -0.505. The largest absolute Gasteiger partial charge is 1.00 e. The van der Waals surface area contributed by atoms with Gasteiger partial charge in [-0.05, 0) is 18.4 Å². The highest BCUT2D eigenvalue weighted by Gasteiger charge is 2.19. The zero-order chi connectivity index (χ0) is 9.54. The summed E-state index contributed by atoms with van der Waals surface area (Å²) in [5.74, 6) is 0. The standard InChI is InChI=1S/C11H10N2S.BrH/c12-11-13-10-8-4-2-1-3-7(8)5-6-9(10)14-11;/h1-4H,5-6H2,(H2,12,13);1H/p-1. The van der Waals surface area contributed by atoms with Crippen molar-refractivity contribution in [3.63, 3.8) is 0 Å². The van der Waals surface area contributed by atoms with E-state index in [2.05, 4.69) is 29.2 Å². The minimum atomic E-state index is 0. The number of rotatable bonds is 0. The molecule has 1 aliphatic rings. The Morgan fingerprint density at radius 3 is 2.87 bits per heavy atom. The second-order valence-corrected chi connectivity index (χ2v) is 4.60. The van der Waals surface area contributed by atoms with Gasteiger partial charge in [0, 0.05) is 10.4 Å². The molecule has 1 heterocycles. The molecule has 0 amide bonds. The number of nitrogen functional groups attached to an aromatic ring is 1. The minimum Gasteiger partial charge on any atom is -1.00 e. The van der Waals surface area contributed by atoms with Crippen LogP contribution in [0.5, 0.6) is 0 Å². The fraction of sp³-hybridized carbons (Fsp3) is 0.182. The monoisotopic (exact) mass is 281 g/mol. The summed E-state index contributed by atoms with van der Waals surface area (Å²) >= 11 is 1.62. The molecule has 2 nitrogen and oxygen atoms in total. The van der Waals surface area contributed by atoms with Crippen LogP contribution >= 0.6 is 11.3 Å². The van der Waals surface area contributed by atoms with Gasteiger partial charge in [-0.15, -0.1) is 11.3 Å². The van der Waals surface area contributed by atoms with Gasteiger partial charge in [-0.3, -0.25) is 0 Å². The summed E-state index contributed by atoms with van der Waals surface area (Å²) in [5.41, 5.74) is 9.49. The van der Waals surface area contributed by atoms with E-state index in [1.165, 1.54) is 16.0 Å². The van der Waals surface area contributed by atoms with Crippen LogP contribution in [0.2, 0.25) is 0 Å². The van der Waals surface area contributed by atoms with Crippen LogP contribution in [-0.4, -0.2) is 4.98 Å². The molecule has 0 radical (unpaired) electrons. The Labute approximate surface area is 103 Å². The summed E-state index contributed by atoms with van der Waals surface area (Å²) in [6.07, 6.45) is 2.20. The Morgan fingerprint density at radius 2 is 2.00 bits per heavy atom. The summed E-state index contributed by atoms with van der Waals surface area (Å²) in [5, 5.41) is 0.687. The van der Waals surface area contributed by atoms with Crippen LogP contribution in [0.25, 0.3) is 11.3 Å². The number of nitrogens with zero attached hydrogens (tertiary/aromatic N) is 1. The molecule has 0 spiro atoms. The summed E-state index contributed by atoms with van der Waals surface area (Å²) < 4.78 is 0. The lowest BCUT2D eigenvalue weighted by Crippen LogP contribution is -3.00. The molecule has 1 aromatic carbocycles. The highest BCUT2D eigenvalue weighted by Crippen LogP contribution is 2.36. The summed E-state index contributed by atoms with van der Waals surface area (Å²) in [7, 11) is 0. The zero-order valence-corrected chi connectivity index (χ0v) is 10.4. The molecule has 0 bridgehead atoms. The molecular formula is C11H10BrN2S-. The molecule has 3 rings (SSSR count). The lowest BCUT2D eigenvalue weighted by Gasteiger charge is -2.13. The zero-order valence-electron chi connectivity index (χ0n) is 8.03. The molecule has 0 fully saturated rings. The van der Waals surface area contributed by atoms with E-state index >= 15 is 0 Å². The number of anilines is 1. The predicted molar refractivity (Wildman–Crippen MR) is 59.4 cm³/mol. The normalized spacial score (nSPS) is 12.5. The van der Waals surface area contributed by atoms with Crippen molar-refractivity contribution in [3.05, 3.63) is 34.7 Å². The van der Waals surface area contributed by atoms with Crippen molar-refractivity contribution in [2.45, 2.75) is 12.8 Å². The van der Waals surface area contributed by atoms with Crippen LogP contribution in [0.15, 0.2) is 24.3 Å². The van der Waals surface area contributed by atoms with Crippen LogP contribution in [0, 0.1) is 0 Å². The summed E-state index contributed by atoms with van der Waals surface area (Å²) in [6.45, 7) is 0. The van der Waals surface area contributed by atoms with E-state index < -0.39 is 0 Å². The number of benzene rings is 1. The molecule has 15 heavy (non-hydrogen) atoms. The van der Waals surface area contributed by atoms with Crippen LogP contribution in [0.4, 0.5) is 5.13 Å². The first-order chi connectivity index (χ1) is 6.84. The maximum absolute atomic E-state index is 5.72. The van der Waals surface area contributed by atoms with E-state index in [9.17, 15) is 0 Å². The molecular weight excluding hydrogens is 272 g/mol. The van der Waals surface area contributed by atoms with Crippen LogP contribution in [0.3, 0.4) is 0 Å². The lowest BCUT2D eigenvalue weighted by molar-refractivity contribution is -0.00000277. The Hall–Kier alpha value is -0.870. The second kappa shape index (κ2) is 3.94. The van der Waals surface area contributed by atoms with Gasteiger partial charge in [-0.25, -0.2) is 4.98 Å². The molecule has 0 atom stereocenters. The van der Waals surface area contributed by atoms with Gasteiger partial charge in [-0.2, -0.15) is 0 Å². The molecule has 2 aromatic rings. The number of halogens is 1. The van der Waals surface area contributed by atoms with Crippen molar-refractivity contribution >= 4 is 16.5 Å². The number of thiazole rings is 1. The SMILES string of the molecule is Nc1nc2c(s1)CCc1ccccc1-2.[Br-]. The third kappa shape index (κ3) is 1.68. The third-order valence-electron chi connectivity index (χ3n) is 2.61. The molecule has 0 aliphatic heterocycles. The van der Waals surface area contributed by atoms with Gasteiger partial charge in [0.15, 0.2) is 5.13 Å². The highest BCUT2D eigenvalue weighted by atomic mass is 79.9. The van der Waals surface area contributed by atoms with Gasteiger partial charge in [0.05, 0.1) is 5.69 Å². The third-order valence-corrected chi connectivity index (χ3v) is 3.55.